The van der Waals surface area contributed by atoms with E-state index in [4.69, 9.17) is 0 Å². The largest absolute Gasteiger partial charge is 0.103 e. The molecule has 0 aromatic heterocycles. The van der Waals surface area contributed by atoms with Gasteiger partial charge in [-0.25, -0.2) is 0 Å². The number of halogens is 1. The van der Waals surface area contributed by atoms with Crippen LogP contribution in [-0.2, 0) is 0 Å². The molecular weight excluding hydrogens is 296 g/mol. The summed E-state index contributed by atoms with van der Waals surface area (Å²) in [6, 6.07) is 0. The van der Waals surface area contributed by atoms with Gasteiger partial charge in [0.05, 0.1) is 0 Å². The summed E-state index contributed by atoms with van der Waals surface area (Å²) in [6.07, 6.45) is 18.7. The molecular formula is C18H33Br. The van der Waals surface area contributed by atoms with Crippen LogP contribution in [0, 0.1) is 11.8 Å². The first kappa shape index (κ1) is 19.0. The summed E-state index contributed by atoms with van der Waals surface area (Å²) in [5, 5.41) is 1.17. The van der Waals surface area contributed by atoms with Gasteiger partial charge in [-0.2, -0.15) is 0 Å². The van der Waals surface area contributed by atoms with Crippen molar-refractivity contribution in [3.8, 4) is 11.8 Å². The third-order valence-corrected chi connectivity index (χ3v) is 4.03. The lowest BCUT2D eigenvalue weighted by molar-refractivity contribution is 0.580. The minimum atomic E-state index is 1.12. The first-order valence-corrected chi connectivity index (χ1v) is 9.55. The lowest BCUT2D eigenvalue weighted by Crippen LogP contribution is -1.81. The van der Waals surface area contributed by atoms with Crippen molar-refractivity contribution in [3.63, 3.8) is 0 Å². The third kappa shape index (κ3) is 18.0. The predicted octanol–water partition coefficient (Wildman–Crippen LogP) is 6.87. The minimum absolute atomic E-state index is 1.12. The fraction of sp³-hybridized carbons (Fsp3) is 0.889. The highest BCUT2D eigenvalue weighted by atomic mass is 79.9. The van der Waals surface area contributed by atoms with Gasteiger partial charge in [0.25, 0.3) is 0 Å². The highest BCUT2D eigenvalue weighted by Crippen LogP contribution is 2.10. The van der Waals surface area contributed by atoms with Gasteiger partial charge in [0.15, 0.2) is 0 Å². The molecule has 112 valence electrons. The molecule has 0 aromatic carbocycles. The molecule has 0 N–H and O–H groups in total. The standard InChI is InChI=1S/C18H33Br/c1-2-3-4-5-6-7-8-9-10-11-12-13-14-15-16-17-18-19/h2-6,9-18H2,1H3. The molecule has 0 saturated carbocycles. The van der Waals surface area contributed by atoms with Crippen molar-refractivity contribution >= 4 is 15.9 Å². The lowest BCUT2D eigenvalue weighted by atomic mass is 10.1. The summed E-state index contributed by atoms with van der Waals surface area (Å²) in [6.45, 7) is 2.26. The topological polar surface area (TPSA) is 0 Å². The maximum Gasteiger partial charge on any atom is 0.00886 e. The van der Waals surface area contributed by atoms with E-state index in [2.05, 4.69) is 34.7 Å². The second-order valence-corrected chi connectivity index (χ2v) is 6.22. The van der Waals surface area contributed by atoms with Crippen LogP contribution in [0.25, 0.3) is 0 Å². The van der Waals surface area contributed by atoms with Crippen molar-refractivity contribution < 1.29 is 0 Å². The molecule has 19 heavy (non-hydrogen) atoms. The number of hydrogen-bond donors (Lipinski definition) is 0. The summed E-state index contributed by atoms with van der Waals surface area (Å²) < 4.78 is 0. The van der Waals surface area contributed by atoms with Crippen molar-refractivity contribution in [1.29, 1.82) is 0 Å². The van der Waals surface area contributed by atoms with Crippen LogP contribution < -0.4 is 0 Å². The van der Waals surface area contributed by atoms with E-state index in [9.17, 15) is 0 Å². The Hall–Kier alpha value is 0.0400. The lowest BCUT2D eigenvalue weighted by Gasteiger charge is -1.99. The molecule has 0 bridgehead atoms. The summed E-state index contributed by atoms with van der Waals surface area (Å²) in [4.78, 5) is 0. The number of hydrogen-bond acceptors (Lipinski definition) is 0. The second-order valence-electron chi connectivity index (χ2n) is 5.43. The molecule has 0 fully saturated rings. The van der Waals surface area contributed by atoms with Crippen LogP contribution in [-0.4, -0.2) is 5.33 Å². The van der Waals surface area contributed by atoms with E-state index in [1.807, 2.05) is 0 Å². The van der Waals surface area contributed by atoms with Crippen LogP contribution in [0.15, 0.2) is 0 Å². The van der Waals surface area contributed by atoms with Gasteiger partial charge in [-0.3, -0.25) is 0 Å². The molecule has 0 atom stereocenters. The van der Waals surface area contributed by atoms with Crippen LogP contribution in [0.3, 0.4) is 0 Å². The van der Waals surface area contributed by atoms with Crippen molar-refractivity contribution in [1.82, 2.24) is 0 Å². The van der Waals surface area contributed by atoms with Gasteiger partial charge >= 0.3 is 0 Å². The Bertz CT molecular complexity index is 211. The molecule has 0 nitrogen and oxygen atoms in total. The first-order chi connectivity index (χ1) is 9.41. The summed E-state index contributed by atoms with van der Waals surface area (Å²) >= 11 is 3.48. The first-order valence-electron chi connectivity index (χ1n) is 8.43. The van der Waals surface area contributed by atoms with E-state index in [-0.39, 0.29) is 0 Å². The van der Waals surface area contributed by atoms with Gasteiger partial charge in [-0.1, -0.05) is 80.6 Å². The number of rotatable bonds is 13. The van der Waals surface area contributed by atoms with Crippen molar-refractivity contribution in [2.75, 3.05) is 5.33 Å². The molecule has 0 saturated heterocycles. The van der Waals surface area contributed by atoms with Crippen LogP contribution in [0.2, 0.25) is 0 Å². The average Bonchev–Trinajstić information content (AvgIpc) is 2.43. The highest BCUT2D eigenvalue weighted by Gasteiger charge is 1.91. The monoisotopic (exact) mass is 328 g/mol. The molecule has 0 rings (SSSR count). The highest BCUT2D eigenvalue weighted by molar-refractivity contribution is 9.09. The molecule has 0 aromatic rings. The van der Waals surface area contributed by atoms with E-state index in [1.165, 1.54) is 82.4 Å². The third-order valence-electron chi connectivity index (χ3n) is 3.47. The molecule has 0 radical (unpaired) electrons. The molecule has 0 spiro atoms. The zero-order valence-corrected chi connectivity index (χ0v) is 14.6. The van der Waals surface area contributed by atoms with E-state index in [0.717, 1.165) is 12.8 Å². The number of unbranched alkanes of at least 4 members (excludes halogenated alkanes) is 12. The van der Waals surface area contributed by atoms with Gasteiger partial charge in [0.2, 0.25) is 0 Å². The van der Waals surface area contributed by atoms with E-state index in [0.29, 0.717) is 0 Å². The van der Waals surface area contributed by atoms with Crippen molar-refractivity contribution in [2.45, 2.75) is 96.8 Å². The Balaban J connectivity index is 3.04. The molecule has 0 aliphatic rings. The Morgan fingerprint density at radius 3 is 1.47 bits per heavy atom. The fourth-order valence-electron chi connectivity index (χ4n) is 2.19. The van der Waals surface area contributed by atoms with Crippen LogP contribution in [0.4, 0.5) is 0 Å². The Labute approximate surface area is 130 Å². The minimum Gasteiger partial charge on any atom is -0.103 e. The molecule has 0 unspecified atom stereocenters. The molecule has 0 aliphatic heterocycles. The molecule has 0 aliphatic carbocycles. The summed E-state index contributed by atoms with van der Waals surface area (Å²) in [7, 11) is 0. The Kier molecular flexibility index (Phi) is 18.1. The van der Waals surface area contributed by atoms with Crippen LogP contribution in [0.5, 0.6) is 0 Å². The maximum absolute atomic E-state index is 3.48. The van der Waals surface area contributed by atoms with E-state index >= 15 is 0 Å². The maximum atomic E-state index is 3.48. The number of alkyl halides is 1. The molecule has 0 heterocycles. The fourth-order valence-corrected chi connectivity index (χ4v) is 2.58. The van der Waals surface area contributed by atoms with Crippen molar-refractivity contribution in [3.05, 3.63) is 0 Å². The molecule has 1 heteroatoms. The van der Waals surface area contributed by atoms with Gasteiger partial charge in [0.1, 0.15) is 0 Å². The quantitative estimate of drug-likeness (QED) is 0.196. The van der Waals surface area contributed by atoms with Gasteiger partial charge < -0.3 is 0 Å². The normalized spacial score (nSPS) is 10.2. The Morgan fingerprint density at radius 2 is 1.00 bits per heavy atom. The zero-order valence-electron chi connectivity index (χ0n) is 13.0. The van der Waals surface area contributed by atoms with Crippen LogP contribution >= 0.6 is 15.9 Å². The SMILES string of the molecule is CCCCCCC#CCCCCCCCCCCBr. The predicted molar refractivity (Wildman–Crippen MR) is 91.9 cm³/mol. The van der Waals surface area contributed by atoms with Crippen molar-refractivity contribution in [2.24, 2.45) is 0 Å². The average molecular weight is 329 g/mol. The smallest absolute Gasteiger partial charge is 0.00886 e. The zero-order chi connectivity index (χ0) is 14.0. The van der Waals surface area contributed by atoms with E-state index in [1.54, 1.807) is 0 Å². The van der Waals surface area contributed by atoms with E-state index < -0.39 is 0 Å². The van der Waals surface area contributed by atoms with Crippen LogP contribution in [0.1, 0.15) is 96.8 Å². The van der Waals surface area contributed by atoms with Gasteiger partial charge in [0, 0.05) is 18.2 Å². The van der Waals surface area contributed by atoms with Gasteiger partial charge in [-0.05, 0) is 19.3 Å². The van der Waals surface area contributed by atoms with Gasteiger partial charge in [-0.15, -0.1) is 11.8 Å². The summed E-state index contributed by atoms with van der Waals surface area (Å²) in [5.74, 6) is 6.64. The Morgan fingerprint density at radius 1 is 0.579 bits per heavy atom. The second kappa shape index (κ2) is 18.0. The molecule has 0 amide bonds. The summed E-state index contributed by atoms with van der Waals surface area (Å²) in [5.41, 5.74) is 0.